The van der Waals surface area contributed by atoms with Crippen LogP contribution >= 0.6 is 0 Å². The molecule has 0 fully saturated rings. The van der Waals surface area contributed by atoms with Crippen molar-refractivity contribution in [3.63, 3.8) is 0 Å². The van der Waals surface area contributed by atoms with Crippen molar-refractivity contribution in [1.29, 1.82) is 5.26 Å². The van der Waals surface area contributed by atoms with Gasteiger partial charge >= 0.3 is 5.97 Å². The van der Waals surface area contributed by atoms with Gasteiger partial charge in [-0.15, -0.1) is 0 Å². The van der Waals surface area contributed by atoms with Gasteiger partial charge in [-0.2, -0.15) is 5.26 Å². The van der Waals surface area contributed by atoms with Crippen molar-refractivity contribution in [2.24, 2.45) is 0 Å². The summed E-state index contributed by atoms with van der Waals surface area (Å²) < 4.78 is 4.72. The third-order valence-electron chi connectivity index (χ3n) is 1.47. The van der Waals surface area contributed by atoms with Gasteiger partial charge in [0.1, 0.15) is 6.04 Å². The van der Waals surface area contributed by atoms with Crippen LogP contribution < -0.4 is 5.32 Å². The fourth-order valence-electron chi connectivity index (χ4n) is 0.869. The fourth-order valence-corrected chi connectivity index (χ4v) is 0.869. The van der Waals surface area contributed by atoms with Crippen molar-refractivity contribution in [1.82, 2.24) is 5.32 Å². The van der Waals surface area contributed by atoms with E-state index in [-0.39, 0.29) is 12.4 Å². The highest BCUT2D eigenvalue weighted by atomic mass is 16.5. The fraction of sp³-hybridized carbons (Fsp3) is 0.778. The van der Waals surface area contributed by atoms with Crippen LogP contribution in [-0.2, 0) is 9.53 Å². The van der Waals surface area contributed by atoms with E-state index in [9.17, 15) is 4.79 Å². The van der Waals surface area contributed by atoms with Gasteiger partial charge in [-0.3, -0.25) is 4.79 Å². The maximum absolute atomic E-state index is 11.0. The maximum atomic E-state index is 11.0. The first kappa shape index (κ1) is 11.9. The van der Waals surface area contributed by atoms with Gasteiger partial charge in [0, 0.05) is 0 Å². The SMILES string of the molecule is CCCNC(C#N)CC(=O)OCC. The second-order valence-electron chi connectivity index (χ2n) is 2.64. The smallest absolute Gasteiger partial charge is 0.308 e. The minimum atomic E-state index is -0.418. The summed E-state index contributed by atoms with van der Waals surface area (Å²) in [5.41, 5.74) is 0. The van der Waals surface area contributed by atoms with Gasteiger partial charge in [-0.1, -0.05) is 6.92 Å². The van der Waals surface area contributed by atoms with E-state index in [0.29, 0.717) is 6.61 Å². The molecule has 74 valence electrons. The van der Waals surface area contributed by atoms with Gasteiger partial charge in [-0.05, 0) is 19.9 Å². The van der Waals surface area contributed by atoms with Crippen LogP contribution in [0.4, 0.5) is 0 Å². The molecule has 4 heteroatoms. The summed E-state index contributed by atoms with van der Waals surface area (Å²) >= 11 is 0. The molecule has 0 spiro atoms. The average molecular weight is 184 g/mol. The van der Waals surface area contributed by atoms with Gasteiger partial charge in [0.25, 0.3) is 0 Å². The standard InChI is InChI=1S/C9H16N2O2/c1-3-5-11-8(7-10)6-9(12)13-4-2/h8,11H,3-6H2,1-2H3. The summed E-state index contributed by atoms with van der Waals surface area (Å²) in [4.78, 5) is 11.0. The van der Waals surface area contributed by atoms with Crippen molar-refractivity contribution < 1.29 is 9.53 Å². The molecule has 0 aliphatic carbocycles. The molecule has 0 aliphatic heterocycles. The Balaban J connectivity index is 3.71. The molecule has 0 saturated carbocycles. The van der Waals surface area contributed by atoms with E-state index in [2.05, 4.69) is 5.32 Å². The van der Waals surface area contributed by atoms with Gasteiger partial charge in [0.2, 0.25) is 0 Å². The minimum Gasteiger partial charge on any atom is -0.466 e. The summed E-state index contributed by atoms with van der Waals surface area (Å²) in [6, 6.07) is 1.60. The van der Waals surface area contributed by atoms with Crippen molar-refractivity contribution in [2.45, 2.75) is 32.7 Å². The highest BCUT2D eigenvalue weighted by molar-refractivity contribution is 5.70. The number of esters is 1. The van der Waals surface area contributed by atoms with Crippen molar-refractivity contribution in [3.05, 3.63) is 0 Å². The van der Waals surface area contributed by atoms with Crippen LogP contribution in [0.15, 0.2) is 0 Å². The summed E-state index contributed by atoms with van der Waals surface area (Å²) in [5, 5.41) is 11.6. The Morgan fingerprint density at radius 3 is 2.77 bits per heavy atom. The third kappa shape index (κ3) is 6.12. The van der Waals surface area contributed by atoms with Gasteiger partial charge in [0.05, 0.1) is 19.1 Å². The lowest BCUT2D eigenvalue weighted by Crippen LogP contribution is -2.31. The van der Waals surface area contributed by atoms with E-state index in [4.69, 9.17) is 10.00 Å². The van der Waals surface area contributed by atoms with Gasteiger partial charge in [0.15, 0.2) is 0 Å². The Kier molecular flexibility index (Phi) is 6.93. The number of rotatable bonds is 6. The number of ether oxygens (including phenoxy) is 1. The predicted octanol–water partition coefficient (Wildman–Crippen LogP) is 0.831. The molecule has 0 aromatic heterocycles. The highest BCUT2D eigenvalue weighted by Crippen LogP contribution is 1.93. The van der Waals surface area contributed by atoms with Crippen LogP contribution in [0.3, 0.4) is 0 Å². The number of nitriles is 1. The Morgan fingerprint density at radius 1 is 1.62 bits per heavy atom. The molecule has 0 amide bonds. The molecule has 13 heavy (non-hydrogen) atoms. The number of hydrogen-bond acceptors (Lipinski definition) is 4. The first-order valence-corrected chi connectivity index (χ1v) is 4.53. The van der Waals surface area contributed by atoms with Crippen LogP contribution in [0.1, 0.15) is 26.7 Å². The normalized spacial score (nSPS) is 11.8. The first-order chi connectivity index (χ1) is 6.24. The largest absolute Gasteiger partial charge is 0.466 e. The molecule has 0 radical (unpaired) electrons. The lowest BCUT2D eigenvalue weighted by atomic mass is 10.2. The molecule has 0 aromatic rings. The van der Waals surface area contributed by atoms with Crippen LogP contribution in [0, 0.1) is 11.3 Å². The zero-order valence-electron chi connectivity index (χ0n) is 8.17. The van der Waals surface area contributed by atoms with E-state index in [1.165, 1.54) is 0 Å². The van der Waals surface area contributed by atoms with Crippen molar-refractivity contribution in [3.8, 4) is 6.07 Å². The number of hydrogen-bond donors (Lipinski definition) is 1. The van der Waals surface area contributed by atoms with Crippen LogP contribution in [0.5, 0.6) is 0 Å². The topological polar surface area (TPSA) is 62.1 Å². The van der Waals surface area contributed by atoms with Crippen LogP contribution in [-0.4, -0.2) is 25.2 Å². The Morgan fingerprint density at radius 2 is 2.31 bits per heavy atom. The Hall–Kier alpha value is -1.08. The number of carbonyl (C=O) groups is 1. The van der Waals surface area contributed by atoms with E-state index in [0.717, 1.165) is 13.0 Å². The first-order valence-electron chi connectivity index (χ1n) is 4.53. The zero-order valence-corrected chi connectivity index (χ0v) is 8.17. The third-order valence-corrected chi connectivity index (χ3v) is 1.47. The summed E-state index contributed by atoms with van der Waals surface area (Å²) in [7, 11) is 0. The highest BCUT2D eigenvalue weighted by Gasteiger charge is 2.12. The Bertz CT molecular complexity index is 187. The van der Waals surface area contributed by atoms with E-state index in [1.807, 2.05) is 13.0 Å². The molecule has 0 heterocycles. The molecule has 1 N–H and O–H groups in total. The summed E-state index contributed by atoms with van der Waals surface area (Å²) in [6.07, 6.45) is 1.07. The predicted molar refractivity (Wildman–Crippen MR) is 48.9 cm³/mol. The monoisotopic (exact) mass is 184 g/mol. The number of nitrogens with zero attached hydrogens (tertiary/aromatic N) is 1. The molecule has 0 rings (SSSR count). The van der Waals surface area contributed by atoms with Crippen LogP contribution in [0.25, 0.3) is 0 Å². The molecule has 1 unspecified atom stereocenters. The molecule has 0 aliphatic rings. The molecule has 0 saturated heterocycles. The van der Waals surface area contributed by atoms with E-state index >= 15 is 0 Å². The molecule has 0 bridgehead atoms. The summed E-state index contributed by atoms with van der Waals surface area (Å²) in [6.45, 7) is 4.87. The van der Waals surface area contributed by atoms with E-state index in [1.54, 1.807) is 6.92 Å². The van der Waals surface area contributed by atoms with Gasteiger partial charge in [-0.25, -0.2) is 0 Å². The summed E-state index contributed by atoms with van der Waals surface area (Å²) in [5.74, 6) is -0.322. The molecular weight excluding hydrogens is 168 g/mol. The quantitative estimate of drug-likeness (QED) is 0.621. The number of carbonyl (C=O) groups excluding carboxylic acids is 1. The van der Waals surface area contributed by atoms with Crippen molar-refractivity contribution >= 4 is 5.97 Å². The molecule has 1 atom stereocenters. The molecular formula is C9H16N2O2. The molecule has 4 nitrogen and oxygen atoms in total. The molecule has 0 aromatic carbocycles. The van der Waals surface area contributed by atoms with Crippen molar-refractivity contribution in [2.75, 3.05) is 13.2 Å². The number of nitrogens with one attached hydrogen (secondary N) is 1. The zero-order chi connectivity index (χ0) is 10.1. The lowest BCUT2D eigenvalue weighted by Gasteiger charge is -2.09. The maximum Gasteiger partial charge on any atom is 0.308 e. The Labute approximate surface area is 78.9 Å². The van der Waals surface area contributed by atoms with E-state index < -0.39 is 6.04 Å². The van der Waals surface area contributed by atoms with Gasteiger partial charge < -0.3 is 10.1 Å². The second-order valence-corrected chi connectivity index (χ2v) is 2.64. The average Bonchev–Trinajstić information content (AvgIpc) is 2.12. The second kappa shape index (κ2) is 7.56. The minimum absolute atomic E-state index is 0.129. The lowest BCUT2D eigenvalue weighted by molar-refractivity contribution is -0.143. The van der Waals surface area contributed by atoms with Crippen LogP contribution in [0.2, 0.25) is 0 Å².